The smallest absolute Gasteiger partial charge is 0.150 e. The number of hydrogen-bond donors (Lipinski definition) is 0. The molecule has 3 rings (SSSR count). The average Bonchev–Trinajstić information content (AvgIpc) is 2.54. The maximum absolute atomic E-state index is 11.1. The summed E-state index contributed by atoms with van der Waals surface area (Å²) >= 11 is 1.77. The van der Waals surface area contributed by atoms with E-state index in [2.05, 4.69) is 55.1 Å². The first-order valence-electron chi connectivity index (χ1n) is 7.40. The summed E-state index contributed by atoms with van der Waals surface area (Å²) in [6.07, 6.45) is 0.916. The lowest BCUT2D eigenvalue weighted by Crippen LogP contribution is -2.37. The molecule has 114 valence electrons. The van der Waals surface area contributed by atoms with Crippen molar-refractivity contribution < 1.29 is 4.79 Å². The Hall–Kier alpha value is -1.78. The molecule has 0 fully saturated rings. The number of para-hydroxylation sites is 1. The number of fused-ring (bicyclic) bond motifs is 2. The molecular weight excluding hydrogens is 292 g/mol. The minimum absolute atomic E-state index is 0.406. The van der Waals surface area contributed by atoms with Crippen LogP contribution in [0.25, 0.3) is 0 Å². The van der Waals surface area contributed by atoms with Crippen LogP contribution >= 0.6 is 11.8 Å². The first-order chi connectivity index (χ1) is 10.6. The monoisotopic (exact) mass is 312 g/mol. The second kappa shape index (κ2) is 6.15. The molecule has 2 aromatic carbocycles. The zero-order chi connectivity index (χ0) is 15.7. The normalized spacial score (nSPS) is 14.5. The van der Waals surface area contributed by atoms with E-state index in [0.717, 1.165) is 24.1 Å². The Balaban J connectivity index is 2.08. The number of likely N-dealkylation sites (N-methyl/N-ethyl adjacent to an activating group) is 1. The van der Waals surface area contributed by atoms with Gasteiger partial charge in [0, 0.05) is 27.9 Å². The van der Waals surface area contributed by atoms with E-state index in [-0.39, 0.29) is 0 Å². The van der Waals surface area contributed by atoms with Gasteiger partial charge in [-0.15, -0.1) is 0 Å². The van der Waals surface area contributed by atoms with Gasteiger partial charge in [-0.05, 0) is 45.3 Å². The van der Waals surface area contributed by atoms with E-state index in [1.807, 2.05) is 18.2 Å². The summed E-state index contributed by atoms with van der Waals surface area (Å²) in [7, 11) is 4.19. The third-order valence-electron chi connectivity index (χ3n) is 4.11. The zero-order valence-corrected chi connectivity index (χ0v) is 13.9. The molecule has 1 aliphatic heterocycles. The number of carbonyl (C=O) groups is 1. The summed E-state index contributed by atoms with van der Waals surface area (Å²) in [5, 5.41) is 0. The molecule has 22 heavy (non-hydrogen) atoms. The van der Waals surface area contributed by atoms with Crippen molar-refractivity contribution in [3.63, 3.8) is 0 Å². The summed E-state index contributed by atoms with van der Waals surface area (Å²) in [6, 6.07) is 14.8. The van der Waals surface area contributed by atoms with E-state index < -0.39 is 0 Å². The van der Waals surface area contributed by atoms with Crippen molar-refractivity contribution >= 4 is 29.4 Å². The minimum atomic E-state index is 0.406. The maximum atomic E-state index is 11.1. The van der Waals surface area contributed by atoms with Crippen LogP contribution in [0.5, 0.6) is 0 Å². The molecule has 0 bridgehead atoms. The molecule has 1 atom stereocenters. The van der Waals surface area contributed by atoms with Crippen molar-refractivity contribution in [1.82, 2.24) is 4.90 Å². The molecule has 0 aromatic heterocycles. The Labute approximate surface area is 135 Å². The topological polar surface area (TPSA) is 23.6 Å². The molecule has 0 amide bonds. The molecule has 2 aromatic rings. The molecule has 0 spiro atoms. The fourth-order valence-corrected chi connectivity index (χ4v) is 3.62. The van der Waals surface area contributed by atoms with Crippen LogP contribution < -0.4 is 4.90 Å². The van der Waals surface area contributed by atoms with Gasteiger partial charge in [-0.3, -0.25) is 4.79 Å². The van der Waals surface area contributed by atoms with Crippen LogP contribution in [0.1, 0.15) is 17.3 Å². The Morgan fingerprint density at radius 3 is 2.59 bits per heavy atom. The molecule has 1 unspecified atom stereocenters. The predicted molar refractivity (Wildman–Crippen MR) is 92.5 cm³/mol. The fraction of sp³-hybridized carbons (Fsp3) is 0.278. The van der Waals surface area contributed by atoms with E-state index in [4.69, 9.17) is 0 Å². The van der Waals surface area contributed by atoms with Crippen molar-refractivity contribution in [1.29, 1.82) is 0 Å². The van der Waals surface area contributed by atoms with Crippen LogP contribution in [-0.2, 0) is 0 Å². The lowest BCUT2D eigenvalue weighted by atomic mass is 10.1. The SMILES string of the molecule is CC(CN1c2ccccc2Sc2ccc(C=O)cc21)N(C)C. The van der Waals surface area contributed by atoms with E-state index in [0.29, 0.717) is 6.04 Å². The highest BCUT2D eigenvalue weighted by Crippen LogP contribution is 2.48. The highest BCUT2D eigenvalue weighted by Gasteiger charge is 2.25. The van der Waals surface area contributed by atoms with Crippen LogP contribution in [0.15, 0.2) is 52.3 Å². The summed E-state index contributed by atoms with van der Waals surface area (Å²) in [5.74, 6) is 0. The van der Waals surface area contributed by atoms with Crippen molar-refractivity contribution in [2.24, 2.45) is 0 Å². The molecule has 3 nitrogen and oxygen atoms in total. The summed E-state index contributed by atoms with van der Waals surface area (Å²) in [4.78, 5) is 18.2. The predicted octanol–water partition coefficient (Wildman–Crippen LogP) is 4.05. The Bertz CT molecular complexity index is 699. The Kier molecular flexibility index (Phi) is 4.23. The van der Waals surface area contributed by atoms with Crippen molar-refractivity contribution in [2.75, 3.05) is 25.5 Å². The van der Waals surface area contributed by atoms with Gasteiger partial charge in [-0.25, -0.2) is 0 Å². The van der Waals surface area contributed by atoms with Crippen molar-refractivity contribution in [2.45, 2.75) is 22.8 Å². The average molecular weight is 312 g/mol. The van der Waals surface area contributed by atoms with Gasteiger partial charge in [0.05, 0.1) is 11.4 Å². The number of nitrogens with zero attached hydrogens (tertiary/aromatic N) is 2. The van der Waals surface area contributed by atoms with Crippen LogP contribution in [0.3, 0.4) is 0 Å². The number of carbonyl (C=O) groups excluding carboxylic acids is 1. The van der Waals surface area contributed by atoms with Gasteiger partial charge in [-0.2, -0.15) is 0 Å². The molecular formula is C18H20N2OS. The first kappa shape index (κ1) is 15.1. The number of hydrogen-bond acceptors (Lipinski definition) is 4. The highest BCUT2D eigenvalue weighted by molar-refractivity contribution is 7.99. The first-order valence-corrected chi connectivity index (χ1v) is 8.22. The van der Waals surface area contributed by atoms with E-state index >= 15 is 0 Å². The molecule has 1 aliphatic rings. The molecule has 0 saturated heterocycles. The quantitative estimate of drug-likeness (QED) is 0.795. The minimum Gasteiger partial charge on any atom is -0.338 e. The second-order valence-electron chi connectivity index (χ2n) is 5.84. The third-order valence-corrected chi connectivity index (χ3v) is 5.24. The van der Waals surface area contributed by atoms with Gasteiger partial charge >= 0.3 is 0 Å². The van der Waals surface area contributed by atoms with E-state index in [9.17, 15) is 4.79 Å². The number of anilines is 2. The molecule has 1 heterocycles. The highest BCUT2D eigenvalue weighted by atomic mass is 32.2. The lowest BCUT2D eigenvalue weighted by Gasteiger charge is -2.36. The largest absolute Gasteiger partial charge is 0.338 e. The molecule has 0 saturated carbocycles. The van der Waals surface area contributed by atoms with Crippen molar-refractivity contribution in [3.05, 3.63) is 48.0 Å². The zero-order valence-electron chi connectivity index (χ0n) is 13.1. The standard InChI is InChI=1S/C18H20N2OS/c1-13(19(2)3)11-20-15-6-4-5-7-17(15)22-18-9-8-14(12-21)10-16(18)20/h4-10,12-13H,11H2,1-3H3. The van der Waals surface area contributed by atoms with Crippen LogP contribution in [-0.4, -0.2) is 37.9 Å². The van der Waals surface area contributed by atoms with Crippen molar-refractivity contribution in [3.8, 4) is 0 Å². The molecule has 4 heteroatoms. The third kappa shape index (κ3) is 2.76. The fourth-order valence-electron chi connectivity index (χ4n) is 2.54. The van der Waals surface area contributed by atoms with Gasteiger partial charge in [0.15, 0.2) is 0 Å². The maximum Gasteiger partial charge on any atom is 0.150 e. The van der Waals surface area contributed by atoms with Gasteiger partial charge < -0.3 is 9.80 Å². The summed E-state index contributed by atoms with van der Waals surface area (Å²) in [6.45, 7) is 3.10. The molecule has 0 aliphatic carbocycles. The summed E-state index contributed by atoms with van der Waals surface area (Å²) < 4.78 is 0. The number of benzene rings is 2. The van der Waals surface area contributed by atoms with Crippen LogP contribution in [0.2, 0.25) is 0 Å². The van der Waals surface area contributed by atoms with Gasteiger partial charge in [0.1, 0.15) is 6.29 Å². The summed E-state index contributed by atoms with van der Waals surface area (Å²) in [5.41, 5.74) is 3.07. The van der Waals surface area contributed by atoms with Gasteiger partial charge in [-0.1, -0.05) is 30.0 Å². The van der Waals surface area contributed by atoms with Crippen LogP contribution in [0.4, 0.5) is 11.4 Å². The second-order valence-corrected chi connectivity index (χ2v) is 6.92. The molecule has 0 radical (unpaired) electrons. The Morgan fingerprint density at radius 2 is 1.86 bits per heavy atom. The molecule has 0 N–H and O–H groups in total. The lowest BCUT2D eigenvalue weighted by molar-refractivity contribution is 0.112. The van der Waals surface area contributed by atoms with E-state index in [1.54, 1.807) is 11.8 Å². The number of rotatable bonds is 4. The number of aldehydes is 1. The van der Waals surface area contributed by atoms with Crippen LogP contribution in [0, 0.1) is 0 Å². The van der Waals surface area contributed by atoms with Gasteiger partial charge in [0.2, 0.25) is 0 Å². The van der Waals surface area contributed by atoms with Gasteiger partial charge in [0.25, 0.3) is 0 Å². The van der Waals surface area contributed by atoms with E-state index in [1.165, 1.54) is 15.5 Å². The Morgan fingerprint density at radius 1 is 1.14 bits per heavy atom.